The molecular weight excluding hydrogens is 344 g/mol. The zero-order valence-electron chi connectivity index (χ0n) is 14.8. The van der Waals surface area contributed by atoms with Gasteiger partial charge in [-0.15, -0.1) is 0 Å². The van der Waals surface area contributed by atoms with Crippen LogP contribution in [0.1, 0.15) is 16.8 Å². The number of cyclic esters (lactones) is 1. The van der Waals surface area contributed by atoms with E-state index in [9.17, 15) is 14.4 Å². The third kappa shape index (κ3) is 2.89. The van der Waals surface area contributed by atoms with Gasteiger partial charge in [-0.2, -0.15) is 0 Å². The van der Waals surface area contributed by atoms with Gasteiger partial charge < -0.3 is 23.8 Å². The van der Waals surface area contributed by atoms with Crippen LogP contribution in [0.15, 0.2) is 12.1 Å². The number of rotatable bonds is 5. The SMILES string of the molecule is COc1ccc(C(=O)N2CCC(N3C(=O)COC3=O)C2)c(OC)c1OC. The van der Waals surface area contributed by atoms with E-state index >= 15 is 0 Å². The van der Waals surface area contributed by atoms with Crippen molar-refractivity contribution in [2.45, 2.75) is 12.5 Å². The van der Waals surface area contributed by atoms with Crippen molar-refractivity contribution in [1.29, 1.82) is 0 Å². The molecule has 3 amide bonds. The molecule has 26 heavy (non-hydrogen) atoms. The number of nitrogens with zero attached hydrogens (tertiary/aromatic N) is 2. The van der Waals surface area contributed by atoms with Crippen LogP contribution >= 0.6 is 0 Å². The third-order valence-corrected chi connectivity index (χ3v) is 4.53. The van der Waals surface area contributed by atoms with Crippen LogP contribution in [-0.2, 0) is 9.53 Å². The zero-order chi connectivity index (χ0) is 18.8. The second-order valence-corrected chi connectivity index (χ2v) is 5.89. The second kappa shape index (κ2) is 7.11. The second-order valence-electron chi connectivity index (χ2n) is 5.89. The average Bonchev–Trinajstić information content (AvgIpc) is 3.25. The van der Waals surface area contributed by atoms with Gasteiger partial charge in [0.1, 0.15) is 0 Å². The molecule has 9 heteroatoms. The Labute approximate surface area is 150 Å². The van der Waals surface area contributed by atoms with Crippen molar-refractivity contribution >= 4 is 17.9 Å². The predicted molar refractivity (Wildman–Crippen MR) is 88.6 cm³/mol. The maximum atomic E-state index is 12.9. The molecule has 0 bridgehead atoms. The first-order valence-electron chi connectivity index (χ1n) is 8.08. The first kappa shape index (κ1) is 17.8. The minimum Gasteiger partial charge on any atom is -0.493 e. The summed E-state index contributed by atoms with van der Waals surface area (Å²) in [4.78, 5) is 39.1. The monoisotopic (exact) mass is 364 g/mol. The number of hydrogen-bond acceptors (Lipinski definition) is 7. The molecule has 1 aromatic rings. The van der Waals surface area contributed by atoms with Crippen molar-refractivity contribution in [2.75, 3.05) is 41.0 Å². The number of benzene rings is 1. The molecule has 1 atom stereocenters. The van der Waals surface area contributed by atoms with Crippen molar-refractivity contribution < 1.29 is 33.3 Å². The molecule has 0 aromatic heterocycles. The maximum Gasteiger partial charge on any atom is 0.417 e. The standard InChI is InChI=1S/C17H20N2O7/c1-23-12-5-4-11(14(24-2)15(12)25-3)16(21)18-7-6-10(8-18)19-13(20)9-26-17(19)22/h4-5,10H,6-9H2,1-3H3. The maximum absolute atomic E-state index is 12.9. The fourth-order valence-corrected chi connectivity index (χ4v) is 3.29. The highest BCUT2D eigenvalue weighted by molar-refractivity contribution is 6.00. The van der Waals surface area contributed by atoms with E-state index < -0.39 is 6.09 Å². The summed E-state index contributed by atoms with van der Waals surface area (Å²) in [5.41, 5.74) is 0.320. The fourth-order valence-electron chi connectivity index (χ4n) is 3.29. The van der Waals surface area contributed by atoms with Gasteiger partial charge in [0.25, 0.3) is 11.8 Å². The van der Waals surface area contributed by atoms with Crippen LogP contribution in [0.2, 0.25) is 0 Å². The molecule has 0 saturated carbocycles. The fraction of sp³-hybridized carbons (Fsp3) is 0.471. The summed E-state index contributed by atoms with van der Waals surface area (Å²) in [6, 6.07) is 2.85. The van der Waals surface area contributed by atoms with E-state index in [0.29, 0.717) is 30.0 Å². The molecule has 2 aliphatic rings. The van der Waals surface area contributed by atoms with Crippen LogP contribution in [0.25, 0.3) is 0 Å². The zero-order valence-corrected chi connectivity index (χ0v) is 14.8. The molecule has 0 N–H and O–H groups in total. The van der Waals surface area contributed by atoms with E-state index in [4.69, 9.17) is 18.9 Å². The molecule has 2 fully saturated rings. The minimum atomic E-state index is -0.655. The van der Waals surface area contributed by atoms with Gasteiger partial charge in [-0.25, -0.2) is 9.69 Å². The topological polar surface area (TPSA) is 94.6 Å². The Balaban J connectivity index is 1.82. The molecule has 2 heterocycles. The van der Waals surface area contributed by atoms with E-state index in [1.165, 1.54) is 21.3 Å². The number of amides is 3. The molecule has 0 spiro atoms. The third-order valence-electron chi connectivity index (χ3n) is 4.53. The lowest BCUT2D eigenvalue weighted by atomic mass is 10.1. The van der Waals surface area contributed by atoms with Gasteiger partial charge >= 0.3 is 6.09 Å². The lowest BCUT2D eigenvalue weighted by molar-refractivity contribution is -0.127. The van der Waals surface area contributed by atoms with Crippen LogP contribution in [-0.4, -0.2) is 74.8 Å². The number of carbonyl (C=O) groups excluding carboxylic acids is 3. The first-order valence-corrected chi connectivity index (χ1v) is 8.08. The molecule has 3 rings (SSSR count). The molecule has 2 saturated heterocycles. The summed E-state index contributed by atoms with van der Waals surface area (Å²) in [7, 11) is 4.40. The molecule has 140 valence electrons. The van der Waals surface area contributed by atoms with Gasteiger partial charge in [0, 0.05) is 13.1 Å². The van der Waals surface area contributed by atoms with Gasteiger partial charge in [0.2, 0.25) is 5.75 Å². The van der Waals surface area contributed by atoms with Crippen molar-refractivity contribution in [1.82, 2.24) is 9.80 Å². The van der Waals surface area contributed by atoms with E-state index in [0.717, 1.165) is 4.90 Å². The van der Waals surface area contributed by atoms with Crippen LogP contribution in [0.5, 0.6) is 17.2 Å². The Hall–Kier alpha value is -2.97. The van der Waals surface area contributed by atoms with E-state index in [-0.39, 0.29) is 36.8 Å². The highest BCUT2D eigenvalue weighted by Gasteiger charge is 2.41. The van der Waals surface area contributed by atoms with Gasteiger partial charge in [-0.05, 0) is 18.6 Å². The summed E-state index contributed by atoms with van der Waals surface area (Å²) >= 11 is 0. The summed E-state index contributed by atoms with van der Waals surface area (Å²) in [5, 5.41) is 0. The largest absolute Gasteiger partial charge is 0.493 e. The van der Waals surface area contributed by atoms with Crippen molar-refractivity contribution in [2.24, 2.45) is 0 Å². The number of likely N-dealkylation sites (tertiary alicyclic amines) is 1. The van der Waals surface area contributed by atoms with Crippen LogP contribution in [0.4, 0.5) is 4.79 Å². The van der Waals surface area contributed by atoms with Gasteiger partial charge in [-0.1, -0.05) is 0 Å². The predicted octanol–water partition coefficient (Wildman–Crippen LogP) is 0.906. The van der Waals surface area contributed by atoms with Crippen molar-refractivity contribution in [3.63, 3.8) is 0 Å². The van der Waals surface area contributed by atoms with E-state index in [1.807, 2.05) is 0 Å². The molecule has 9 nitrogen and oxygen atoms in total. The Kier molecular flexibility index (Phi) is 4.88. The molecule has 1 unspecified atom stereocenters. The number of carbonyl (C=O) groups is 3. The molecule has 0 aliphatic carbocycles. The van der Waals surface area contributed by atoms with Gasteiger partial charge in [-0.3, -0.25) is 9.59 Å². The quantitative estimate of drug-likeness (QED) is 0.766. The molecule has 1 aromatic carbocycles. The first-order chi connectivity index (χ1) is 12.5. The van der Waals surface area contributed by atoms with Crippen LogP contribution in [0, 0.1) is 0 Å². The van der Waals surface area contributed by atoms with Gasteiger partial charge in [0.05, 0.1) is 32.9 Å². The molecular formula is C17H20N2O7. The Morgan fingerprint density at radius 3 is 2.42 bits per heavy atom. The van der Waals surface area contributed by atoms with Crippen molar-refractivity contribution in [3.8, 4) is 17.2 Å². The van der Waals surface area contributed by atoms with E-state index in [2.05, 4.69) is 0 Å². The highest BCUT2D eigenvalue weighted by atomic mass is 16.6. The van der Waals surface area contributed by atoms with Crippen molar-refractivity contribution in [3.05, 3.63) is 17.7 Å². The number of methoxy groups -OCH3 is 3. The summed E-state index contributed by atoms with van der Waals surface area (Å²) in [5.74, 6) is 0.403. The minimum absolute atomic E-state index is 0.243. The summed E-state index contributed by atoms with van der Waals surface area (Å²) in [6.45, 7) is 0.419. The van der Waals surface area contributed by atoms with E-state index in [1.54, 1.807) is 17.0 Å². The normalized spacial score (nSPS) is 19.6. The Morgan fingerprint density at radius 1 is 1.12 bits per heavy atom. The average molecular weight is 364 g/mol. The molecule has 2 aliphatic heterocycles. The number of hydrogen-bond donors (Lipinski definition) is 0. The van der Waals surface area contributed by atoms with Crippen LogP contribution < -0.4 is 14.2 Å². The lowest BCUT2D eigenvalue weighted by Gasteiger charge is -2.22. The molecule has 0 radical (unpaired) electrons. The lowest BCUT2D eigenvalue weighted by Crippen LogP contribution is -2.42. The number of ether oxygens (including phenoxy) is 4. The smallest absolute Gasteiger partial charge is 0.417 e. The van der Waals surface area contributed by atoms with Gasteiger partial charge in [0.15, 0.2) is 18.1 Å². The highest BCUT2D eigenvalue weighted by Crippen LogP contribution is 2.40. The van der Waals surface area contributed by atoms with Crippen LogP contribution in [0.3, 0.4) is 0 Å². The summed E-state index contributed by atoms with van der Waals surface area (Å²) in [6.07, 6.45) is -0.152. The number of imide groups is 1. The summed E-state index contributed by atoms with van der Waals surface area (Å²) < 4.78 is 20.6. The Bertz CT molecular complexity index is 733. The Morgan fingerprint density at radius 2 is 1.85 bits per heavy atom.